The number of nitrogens with one attached hydrogen (secondary N) is 3. The summed E-state index contributed by atoms with van der Waals surface area (Å²) in [6.07, 6.45) is 3.01. The third-order valence-electron chi connectivity index (χ3n) is 7.00. The van der Waals surface area contributed by atoms with Crippen molar-refractivity contribution in [2.45, 2.75) is 32.9 Å². The molecule has 1 fully saturated rings. The zero-order chi connectivity index (χ0) is 26.4. The van der Waals surface area contributed by atoms with Crippen molar-refractivity contribution < 1.29 is 14.0 Å². The lowest BCUT2D eigenvalue weighted by Gasteiger charge is -2.42. The molecular formula is C26H27ClFN7O2. The van der Waals surface area contributed by atoms with Gasteiger partial charge in [0.25, 0.3) is 11.8 Å². The lowest BCUT2D eigenvalue weighted by Crippen LogP contribution is -2.56. The number of hydrogen-bond acceptors (Lipinski definition) is 6. The van der Waals surface area contributed by atoms with Gasteiger partial charge in [-0.1, -0.05) is 11.6 Å². The number of aromatic amines is 1. The van der Waals surface area contributed by atoms with Gasteiger partial charge in [-0.05, 0) is 63.7 Å². The van der Waals surface area contributed by atoms with Gasteiger partial charge in [0, 0.05) is 36.6 Å². The standard InChI is InChI=1S/C26H27ClFN7O2/c1-13-7-21(26(37)35-10-14(2)34(4)15(3)11-35)32-20(13)9-17-22-23(29-12-30-24(22)33-25(17)36)31-16-5-6-19(28)18(27)8-16/h5-9,12,14-15,32H,10-11H2,1-4H3,(H2,29,30,31,33,36)/b17-9-/t14-,15+. The summed E-state index contributed by atoms with van der Waals surface area (Å²) >= 11 is 5.92. The molecule has 9 nitrogen and oxygen atoms in total. The Morgan fingerprint density at radius 2 is 1.95 bits per heavy atom. The van der Waals surface area contributed by atoms with E-state index in [-0.39, 0.29) is 28.9 Å². The van der Waals surface area contributed by atoms with Crippen LogP contribution in [0.4, 0.5) is 21.7 Å². The van der Waals surface area contributed by atoms with Crippen LogP contribution in [0.2, 0.25) is 5.02 Å². The molecule has 0 radical (unpaired) electrons. The number of aryl methyl sites for hydroxylation is 1. The Balaban J connectivity index is 1.46. The van der Waals surface area contributed by atoms with Crippen LogP contribution in [0.1, 0.15) is 41.2 Å². The number of rotatable bonds is 4. The summed E-state index contributed by atoms with van der Waals surface area (Å²) in [5.41, 5.74) is 3.23. The first-order valence-electron chi connectivity index (χ1n) is 11.9. The fourth-order valence-electron chi connectivity index (χ4n) is 4.69. The summed E-state index contributed by atoms with van der Waals surface area (Å²) in [6.45, 7) is 7.38. The van der Waals surface area contributed by atoms with Gasteiger partial charge < -0.3 is 20.5 Å². The predicted octanol–water partition coefficient (Wildman–Crippen LogP) is 4.31. The van der Waals surface area contributed by atoms with E-state index in [2.05, 4.69) is 51.4 Å². The largest absolute Gasteiger partial charge is 0.351 e. The maximum absolute atomic E-state index is 13.6. The zero-order valence-corrected chi connectivity index (χ0v) is 21.7. The SMILES string of the molecule is Cc1cc(C(=O)N2C[C@@H](C)N(C)[C@@H](C)C2)[nH]c1/C=C1\C(=O)Nc2ncnc(Nc3ccc(F)c(Cl)c3)c21. The molecule has 0 saturated carbocycles. The number of piperazine rings is 1. The van der Waals surface area contributed by atoms with Crippen LogP contribution in [0.3, 0.4) is 0 Å². The number of amides is 2. The number of hydrogen-bond donors (Lipinski definition) is 3. The van der Waals surface area contributed by atoms with E-state index in [0.29, 0.717) is 52.9 Å². The fraction of sp³-hybridized carbons (Fsp3) is 0.308. The van der Waals surface area contributed by atoms with Crippen LogP contribution in [-0.4, -0.2) is 68.8 Å². The minimum absolute atomic E-state index is 0.0380. The molecule has 0 spiro atoms. The number of carbonyl (C=O) groups is 2. The molecule has 2 atom stereocenters. The number of halogens is 2. The van der Waals surface area contributed by atoms with Gasteiger partial charge in [0.1, 0.15) is 29.5 Å². The van der Waals surface area contributed by atoms with Crippen LogP contribution in [0.25, 0.3) is 11.6 Å². The molecule has 2 aromatic heterocycles. The van der Waals surface area contributed by atoms with Crippen LogP contribution >= 0.6 is 11.6 Å². The number of aromatic nitrogens is 3. The van der Waals surface area contributed by atoms with E-state index < -0.39 is 5.82 Å². The smallest absolute Gasteiger partial charge is 0.270 e. The topological polar surface area (TPSA) is 106 Å². The minimum atomic E-state index is -0.536. The van der Waals surface area contributed by atoms with Gasteiger partial charge >= 0.3 is 0 Å². The maximum atomic E-state index is 13.6. The quantitative estimate of drug-likeness (QED) is 0.440. The molecule has 0 bridgehead atoms. The van der Waals surface area contributed by atoms with E-state index in [1.807, 2.05) is 11.8 Å². The number of fused-ring (bicyclic) bond motifs is 1. The maximum Gasteiger partial charge on any atom is 0.270 e. The third kappa shape index (κ3) is 4.70. The summed E-state index contributed by atoms with van der Waals surface area (Å²) in [7, 11) is 2.07. The molecule has 3 aromatic rings. The van der Waals surface area contributed by atoms with Crippen LogP contribution in [0, 0.1) is 12.7 Å². The van der Waals surface area contributed by atoms with Crippen LogP contribution in [-0.2, 0) is 4.79 Å². The molecule has 2 aliphatic rings. The molecule has 0 aliphatic carbocycles. The minimum Gasteiger partial charge on any atom is -0.351 e. The van der Waals surface area contributed by atoms with Gasteiger partial charge in [0.15, 0.2) is 0 Å². The second-order valence-electron chi connectivity index (χ2n) is 9.57. The molecule has 3 N–H and O–H groups in total. The highest BCUT2D eigenvalue weighted by Gasteiger charge is 2.32. The van der Waals surface area contributed by atoms with Crippen molar-refractivity contribution in [3.63, 3.8) is 0 Å². The summed E-state index contributed by atoms with van der Waals surface area (Å²) < 4.78 is 13.6. The van der Waals surface area contributed by atoms with Crippen molar-refractivity contribution in [1.29, 1.82) is 0 Å². The van der Waals surface area contributed by atoms with E-state index in [1.165, 1.54) is 24.5 Å². The second-order valence-corrected chi connectivity index (χ2v) is 9.97. The summed E-state index contributed by atoms with van der Waals surface area (Å²) in [6, 6.07) is 6.52. The van der Waals surface area contributed by atoms with Crippen molar-refractivity contribution in [3.05, 3.63) is 63.9 Å². The molecular weight excluding hydrogens is 497 g/mol. The van der Waals surface area contributed by atoms with Gasteiger partial charge in [-0.15, -0.1) is 0 Å². The summed E-state index contributed by atoms with van der Waals surface area (Å²) in [4.78, 5) is 42.0. The number of likely N-dealkylation sites (N-methyl/N-ethyl adjacent to an activating group) is 1. The molecule has 5 rings (SSSR count). The Morgan fingerprint density at radius 3 is 2.65 bits per heavy atom. The van der Waals surface area contributed by atoms with Crippen molar-refractivity contribution in [3.8, 4) is 0 Å². The Bertz CT molecular complexity index is 1420. The highest BCUT2D eigenvalue weighted by molar-refractivity contribution is 6.35. The normalized spacial score (nSPS) is 20.8. The Hall–Kier alpha value is -3.76. The average molecular weight is 524 g/mol. The Morgan fingerprint density at radius 1 is 1.22 bits per heavy atom. The van der Waals surface area contributed by atoms with Gasteiger partial charge in [-0.25, -0.2) is 14.4 Å². The van der Waals surface area contributed by atoms with Gasteiger partial charge in [0.2, 0.25) is 0 Å². The Kier molecular flexibility index (Phi) is 6.47. The van der Waals surface area contributed by atoms with Crippen LogP contribution < -0.4 is 10.6 Å². The van der Waals surface area contributed by atoms with E-state index in [9.17, 15) is 14.0 Å². The first-order valence-corrected chi connectivity index (χ1v) is 12.3. The molecule has 37 heavy (non-hydrogen) atoms. The zero-order valence-electron chi connectivity index (χ0n) is 20.9. The highest BCUT2D eigenvalue weighted by atomic mass is 35.5. The lowest BCUT2D eigenvalue weighted by atomic mass is 10.1. The molecule has 2 aliphatic heterocycles. The first-order chi connectivity index (χ1) is 17.6. The molecule has 1 aromatic carbocycles. The molecule has 4 heterocycles. The van der Waals surface area contributed by atoms with Crippen LogP contribution in [0.15, 0.2) is 30.6 Å². The predicted molar refractivity (Wildman–Crippen MR) is 141 cm³/mol. The monoisotopic (exact) mass is 523 g/mol. The van der Waals surface area contributed by atoms with Crippen molar-refractivity contribution in [2.75, 3.05) is 30.8 Å². The molecule has 1 saturated heterocycles. The van der Waals surface area contributed by atoms with E-state index in [0.717, 1.165) is 5.56 Å². The lowest BCUT2D eigenvalue weighted by molar-refractivity contribution is -0.110. The highest BCUT2D eigenvalue weighted by Crippen LogP contribution is 2.37. The van der Waals surface area contributed by atoms with Crippen molar-refractivity contribution in [2.24, 2.45) is 0 Å². The van der Waals surface area contributed by atoms with E-state index in [1.54, 1.807) is 12.1 Å². The third-order valence-corrected chi connectivity index (χ3v) is 7.29. The summed E-state index contributed by atoms with van der Waals surface area (Å²) in [5, 5.41) is 5.80. The number of H-pyrrole nitrogens is 1. The molecule has 2 amide bonds. The van der Waals surface area contributed by atoms with Gasteiger partial charge in [0.05, 0.1) is 16.2 Å². The first kappa shape index (κ1) is 24.9. The number of carbonyl (C=O) groups excluding carboxylic acids is 2. The number of anilines is 3. The average Bonchev–Trinajstić information content (AvgIpc) is 3.38. The second kappa shape index (κ2) is 9.60. The number of benzene rings is 1. The number of nitrogens with zero attached hydrogens (tertiary/aromatic N) is 4. The molecule has 192 valence electrons. The van der Waals surface area contributed by atoms with Crippen molar-refractivity contribution >= 4 is 52.4 Å². The van der Waals surface area contributed by atoms with Gasteiger partial charge in [-0.2, -0.15) is 0 Å². The molecule has 11 heteroatoms. The fourth-order valence-corrected chi connectivity index (χ4v) is 4.87. The molecule has 0 unspecified atom stereocenters. The van der Waals surface area contributed by atoms with E-state index in [4.69, 9.17) is 11.6 Å². The van der Waals surface area contributed by atoms with Gasteiger partial charge in [-0.3, -0.25) is 14.5 Å². The van der Waals surface area contributed by atoms with E-state index >= 15 is 0 Å². The van der Waals surface area contributed by atoms with Crippen LogP contribution in [0.5, 0.6) is 0 Å². The van der Waals surface area contributed by atoms with Crippen molar-refractivity contribution in [1.82, 2.24) is 24.8 Å². The summed E-state index contributed by atoms with van der Waals surface area (Å²) in [5.74, 6) is -0.249. The Labute approximate surface area is 218 Å².